The number of rotatable bonds is 8. The molecule has 9 nitrogen and oxygen atoms in total. The Morgan fingerprint density at radius 1 is 1.14 bits per heavy atom. The number of nitrogens with one attached hydrogen (secondary N) is 2. The van der Waals surface area contributed by atoms with E-state index < -0.39 is 31.0 Å². The van der Waals surface area contributed by atoms with Crippen molar-refractivity contribution in [1.29, 1.82) is 0 Å². The topological polar surface area (TPSA) is 135 Å². The number of hydrogen-bond donors (Lipinski definition) is 2. The molecule has 0 aliphatic carbocycles. The number of benzene rings is 1. The SMILES string of the molecule is C=CCS(=O)(=O)C(C)C(=O)Nc1ccc(S(=O)(=O)Nc2ccc(Cl)nn2)cc1. The van der Waals surface area contributed by atoms with Gasteiger partial charge in [0.2, 0.25) is 5.91 Å². The highest BCUT2D eigenvalue weighted by Gasteiger charge is 2.26. The maximum Gasteiger partial charge on any atom is 0.263 e. The average molecular weight is 445 g/mol. The molecule has 2 rings (SSSR count). The number of sulfonamides is 1. The molecule has 0 fully saturated rings. The van der Waals surface area contributed by atoms with Gasteiger partial charge in [-0.1, -0.05) is 17.7 Å². The molecule has 2 aromatic rings. The number of carbonyl (C=O) groups excluding carboxylic acids is 1. The highest BCUT2D eigenvalue weighted by atomic mass is 35.5. The van der Waals surface area contributed by atoms with E-state index >= 15 is 0 Å². The van der Waals surface area contributed by atoms with Crippen LogP contribution in [0, 0.1) is 0 Å². The van der Waals surface area contributed by atoms with Gasteiger partial charge in [0.05, 0.1) is 10.6 Å². The van der Waals surface area contributed by atoms with Gasteiger partial charge >= 0.3 is 0 Å². The van der Waals surface area contributed by atoms with E-state index in [4.69, 9.17) is 11.6 Å². The number of nitrogens with zero attached hydrogens (tertiary/aromatic N) is 2. The third-order valence-electron chi connectivity index (χ3n) is 3.56. The summed E-state index contributed by atoms with van der Waals surface area (Å²) in [4.78, 5) is 12.0. The molecule has 1 unspecified atom stereocenters. The van der Waals surface area contributed by atoms with Gasteiger partial charge < -0.3 is 5.32 Å². The Labute approximate surface area is 167 Å². The first kappa shape index (κ1) is 21.8. The van der Waals surface area contributed by atoms with Crippen molar-refractivity contribution in [1.82, 2.24) is 10.2 Å². The minimum atomic E-state index is -3.93. The lowest BCUT2D eigenvalue weighted by molar-refractivity contribution is -0.115. The molecule has 0 aliphatic rings. The molecule has 0 radical (unpaired) electrons. The van der Waals surface area contributed by atoms with E-state index in [1.165, 1.54) is 49.4 Å². The Bertz CT molecular complexity index is 1070. The fourth-order valence-corrected chi connectivity index (χ4v) is 4.10. The van der Waals surface area contributed by atoms with Crippen LogP contribution in [0.5, 0.6) is 0 Å². The first-order chi connectivity index (χ1) is 13.0. The molecule has 1 amide bonds. The van der Waals surface area contributed by atoms with Gasteiger partial charge in [0, 0.05) is 5.69 Å². The van der Waals surface area contributed by atoms with E-state index in [9.17, 15) is 21.6 Å². The van der Waals surface area contributed by atoms with Crippen molar-refractivity contribution in [3.8, 4) is 0 Å². The Balaban J connectivity index is 2.11. The Morgan fingerprint density at radius 3 is 2.32 bits per heavy atom. The minimum Gasteiger partial charge on any atom is -0.325 e. The standard InChI is InChI=1S/C16H17ClN4O5S2/c1-3-10-27(23,24)11(2)16(22)18-12-4-6-13(7-5-12)28(25,26)21-15-9-8-14(17)19-20-15/h3-9,11H,1,10H2,2H3,(H,18,22)(H,20,21). The number of carbonyl (C=O) groups is 1. The average Bonchev–Trinajstić information content (AvgIpc) is 2.63. The van der Waals surface area contributed by atoms with Crippen LogP contribution in [0.2, 0.25) is 5.15 Å². The molecule has 0 saturated heterocycles. The fraction of sp³-hybridized carbons (Fsp3) is 0.188. The van der Waals surface area contributed by atoms with Crippen molar-refractivity contribution >= 4 is 48.9 Å². The van der Waals surface area contributed by atoms with Gasteiger partial charge in [0.1, 0.15) is 5.25 Å². The van der Waals surface area contributed by atoms with Crippen LogP contribution in [0.4, 0.5) is 11.5 Å². The zero-order chi connectivity index (χ0) is 20.9. The first-order valence-electron chi connectivity index (χ1n) is 7.80. The molecule has 0 saturated carbocycles. The van der Waals surface area contributed by atoms with Crippen molar-refractivity contribution in [3.63, 3.8) is 0 Å². The Kier molecular flexibility index (Phi) is 6.75. The number of aromatic nitrogens is 2. The van der Waals surface area contributed by atoms with Gasteiger partial charge in [-0.3, -0.25) is 9.52 Å². The maximum atomic E-state index is 12.3. The predicted molar refractivity (Wildman–Crippen MR) is 106 cm³/mol. The lowest BCUT2D eigenvalue weighted by atomic mass is 10.3. The Hall–Kier alpha value is -2.50. The normalized spacial score (nSPS) is 12.8. The lowest BCUT2D eigenvalue weighted by Gasteiger charge is -2.13. The molecule has 2 N–H and O–H groups in total. The summed E-state index contributed by atoms with van der Waals surface area (Å²) in [5.41, 5.74) is 0.246. The van der Waals surface area contributed by atoms with Crippen molar-refractivity contribution in [3.05, 3.63) is 54.2 Å². The molecule has 12 heteroatoms. The molecule has 150 valence electrons. The third-order valence-corrected chi connectivity index (χ3v) is 7.13. The molecule has 0 spiro atoms. The van der Waals surface area contributed by atoms with Crippen LogP contribution < -0.4 is 10.0 Å². The van der Waals surface area contributed by atoms with Crippen LogP contribution in [0.3, 0.4) is 0 Å². The zero-order valence-corrected chi connectivity index (χ0v) is 17.1. The van der Waals surface area contributed by atoms with Gasteiger partial charge in [-0.2, -0.15) is 0 Å². The summed E-state index contributed by atoms with van der Waals surface area (Å²) < 4.78 is 50.7. The van der Waals surface area contributed by atoms with Gasteiger partial charge in [0.25, 0.3) is 10.0 Å². The summed E-state index contributed by atoms with van der Waals surface area (Å²) in [6.45, 7) is 4.62. The maximum absolute atomic E-state index is 12.3. The minimum absolute atomic E-state index is 0.0111. The van der Waals surface area contributed by atoms with Gasteiger partial charge in [-0.15, -0.1) is 16.8 Å². The molecule has 0 bridgehead atoms. The molecule has 1 aromatic carbocycles. The van der Waals surface area contributed by atoms with Crippen LogP contribution in [-0.2, 0) is 24.7 Å². The molecule has 0 aliphatic heterocycles. The van der Waals surface area contributed by atoms with Gasteiger partial charge in [-0.05, 0) is 43.3 Å². The second kappa shape index (κ2) is 8.67. The van der Waals surface area contributed by atoms with E-state index in [1.54, 1.807) is 0 Å². The summed E-state index contributed by atoms with van der Waals surface area (Å²) >= 11 is 5.60. The Morgan fingerprint density at radius 2 is 1.79 bits per heavy atom. The first-order valence-corrected chi connectivity index (χ1v) is 11.4. The van der Waals surface area contributed by atoms with E-state index in [2.05, 4.69) is 26.8 Å². The van der Waals surface area contributed by atoms with Crippen LogP contribution in [0.1, 0.15) is 6.92 Å². The molecule has 1 aromatic heterocycles. The van der Waals surface area contributed by atoms with Crippen molar-refractivity contribution < 1.29 is 21.6 Å². The number of anilines is 2. The van der Waals surface area contributed by atoms with E-state index in [0.29, 0.717) is 0 Å². The summed E-state index contributed by atoms with van der Waals surface area (Å²) in [5, 5.41) is 8.42. The molecular formula is C16H17ClN4O5S2. The molecule has 28 heavy (non-hydrogen) atoms. The van der Waals surface area contributed by atoms with Crippen molar-refractivity contribution in [2.75, 3.05) is 15.8 Å². The number of sulfone groups is 1. The molecule has 1 atom stereocenters. The number of halogens is 1. The second-order valence-corrected chi connectivity index (χ2v) is 10.1. The molecule has 1 heterocycles. The lowest BCUT2D eigenvalue weighted by Crippen LogP contribution is -2.33. The van der Waals surface area contributed by atoms with E-state index in [0.717, 1.165) is 0 Å². The van der Waals surface area contributed by atoms with Gasteiger partial charge in [-0.25, -0.2) is 16.8 Å². The number of hydrogen-bond acceptors (Lipinski definition) is 7. The zero-order valence-electron chi connectivity index (χ0n) is 14.7. The number of amides is 1. The summed E-state index contributed by atoms with van der Waals surface area (Å²) in [6.07, 6.45) is 1.21. The van der Waals surface area contributed by atoms with Crippen molar-refractivity contribution in [2.45, 2.75) is 17.1 Å². The second-order valence-electron chi connectivity index (χ2n) is 5.62. The van der Waals surface area contributed by atoms with Crippen molar-refractivity contribution in [2.24, 2.45) is 0 Å². The van der Waals surface area contributed by atoms with Crippen LogP contribution >= 0.6 is 11.6 Å². The smallest absolute Gasteiger partial charge is 0.263 e. The highest BCUT2D eigenvalue weighted by Crippen LogP contribution is 2.18. The fourth-order valence-electron chi connectivity index (χ4n) is 2.00. The molecular weight excluding hydrogens is 428 g/mol. The van der Waals surface area contributed by atoms with Crippen LogP contribution in [0.25, 0.3) is 0 Å². The highest BCUT2D eigenvalue weighted by molar-refractivity contribution is 7.93. The van der Waals surface area contributed by atoms with Gasteiger partial charge in [0.15, 0.2) is 20.8 Å². The van der Waals surface area contributed by atoms with E-state index in [1.807, 2.05) is 0 Å². The third kappa shape index (κ3) is 5.50. The summed E-state index contributed by atoms with van der Waals surface area (Å²) in [7, 11) is -7.59. The largest absolute Gasteiger partial charge is 0.325 e. The summed E-state index contributed by atoms with van der Waals surface area (Å²) in [6, 6.07) is 7.92. The predicted octanol–water partition coefficient (Wildman–Crippen LogP) is 1.86. The van der Waals surface area contributed by atoms with E-state index in [-0.39, 0.29) is 27.3 Å². The quantitative estimate of drug-likeness (QED) is 0.593. The monoisotopic (exact) mass is 444 g/mol. The van der Waals surface area contributed by atoms with Crippen LogP contribution in [-0.4, -0.2) is 43.9 Å². The van der Waals surface area contributed by atoms with Crippen LogP contribution in [0.15, 0.2) is 53.9 Å². The summed E-state index contributed by atoms with van der Waals surface area (Å²) in [5.74, 6) is -1.06.